The molecule has 5 nitrogen and oxygen atoms in total. The molecule has 0 saturated heterocycles. The predicted octanol–water partition coefficient (Wildman–Crippen LogP) is 1.06. The number of rotatable bonds is 7. The van der Waals surface area contributed by atoms with Crippen molar-refractivity contribution in [2.24, 2.45) is 0 Å². The van der Waals surface area contributed by atoms with E-state index in [9.17, 15) is 5.11 Å². The summed E-state index contributed by atoms with van der Waals surface area (Å²) >= 11 is 0. The maximum atomic E-state index is 9.81. The third-order valence-corrected chi connectivity index (χ3v) is 2.89. The lowest BCUT2D eigenvalue weighted by Crippen LogP contribution is -2.31. The molecule has 0 aromatic heterocycles. The normalized spacial score (nSPS) is 11.9. The molecule has 0 radical (unpaired) electrons. The fourth-order valence-corrected chi connectivity index (χ4v) is 1.92. The standard InChI is InChI=1S/C14H20N2O3/c1-11(18)13-4-3-12(10-15)9-14(13)16(5-7-17)6-8-19-2/h3-4,9,11,17-18H,5-8H2,1-2H3/t11-/m1/s1. The van der Waals surface area contributed by atoms with E-state index < -0.39 is 6.10 Å². The first-order valence-electron chi connectivity index (χ1n) is 6.21. The van der Waals surface area contributed by atoms with E-state index in [1.165, 1.54) is 0 Å². The van der Waals surface area contributed by atoms with E-state index in [-0.39, 0.29) is 6.61 Å². The molecule has 0 heterocycles. The van der Waals surface area contributed by atoms with E-state index in [2.05, 4.69) is 6.07 Å². The topological polar surface area (TPSA) is 76.7 Å². The highest BCUT2D eigenvalue weighted by Gasteiger charge is 2.15. The Morgan fingerprint density at radius 1 is 1.42 bits per heavy atom. The Hall–Kier alpha value is -1.61. The van der Waals surface area contributed by atoms with E-state index in [0.717, 1.165) is 11.3 Å². The number of benzene rings is 1. The minimum atomic E-state index is -0.633. The van der Waals surface area contributed by atoms with Crippen LogP contribution in [0.2, 0.25) is 0 Å². The lowest BCUT2D eigenvalue weighted by atomic mass is 10.0. The summed E-state index contributed by atoms with van der Waals surface area (Å²) in [6.45, 7) is 3.21. The van der Waals surface area contributed by atoms with Crippen LogP contribution in [-0.4, -0.2) is 43.6 Å². The molecule has 0 fully saturated rings. The second-order valence-corrected chi connectivity index (χ2v) is 4.26. The van der Waals surface area contributed by atoms with E-state index in [0.29, 0.717) is 25.3 Å². The summed E-state index contributed by atoms with van der Waals surface area (Å²) in [5, 5.41) is 27.9. The molecule has 1 rings (SSSR count). The smallest absolute Gasteiger partial charge is 0.0992 e. The van der Waals surface area contributed by atoms with Crippen LogP contribution in [0.1, 0.15) is 24.2 Å². The van der Waals surface area contributed by atoms with Gasteiger partial charge in [0.1, 0.15) is 0 Å². The minimum absolute atomic E-state index is 0.000253. The lowest BCUT2D eigenvalue weighted by molar-refractivity contribution is 0.196. The second-order valence-electron chi connectivity index (χ2n) is 4.26. The molecule has 0 unspecified atom stereocenters. The van der Waals surface area contributed by atoms with Crippen LogP contribution in [0.25, 0.3) is 0 Å². The van der Waals surface area contributed by atoms with Gasteiger partial charge in [0.05, 0.1) is 31.0 Å². The monoisotopic (exact) mass is 264 g/mol. The van der Waals surface area contributed by atoms with Crippen molar-refractivity contribution in [1.82, 2.24) is 0 Å². The van der Waals surface area contributed by atoms with Crippen LogP contribution in [0.15, 0.2) is 18.2 Å². The van der Waals surface area contributed by atoms with Crippen molar-refractivity contribution in [1.29, 1.82) is 5.26 Å². The predicted molar refractivity (Wildman–Crippen MR) is 73.0 cm³/mol. The molecular weight excluding hydrogens is 244 g/mol. The Labute approximate surface area is 113 Å². The van der Waals surface area contributed by atoms with Crippen LogP contribution in [0, 0.1) is 11.3 Å². The van der Waals surface area contributed by atoms with Gasteiger partial charge in [-0.3, -0.25) is 0 Å². The first-order chi connectivity index (χ1) is 9.13. The summed E-state index contributed by atoms with van der Waals surface area (Å²) in [6.07, 6.45) is -0.633. The first kappa shape index (κ1) is 15.4. The van der Waals surface area contributed by atoms with E-state index in [1.54, 1.807) is 32.2 Å². The first-order valence-corrected chi connectivity index (χ1v) is 6.21. The number of ether oxygens (including phenoxy) is 1. The van der Waals surface area contributed by atoms with Crippen molar-refractivity contribution in [2.75, 3.05) is 38.3 Å². The third-order valence-electron chi connectivity index (χ3n) is 2.89. The van der Waals surface area contributed by atoms with Crippen molar-refractivity contribution in [3.8, 4) is 6.07 Å². The summed E-state index contributed by atoms with van der Waals surface area (Å²) in [6, 6.07) is 7.24. The molecular formula is C14H20N2O3. The highest BCUT2D eigenvalue weighted by Crippen LogP contribution is 2.27. The van der Waals surface area contributed by atoms with Gasteiger partial charge in [0.2, 0.25) is 0 Å². The Morgan fingerprint density at radius 3 is 2.68 bits per heavy atom. The SMILES string of the molecule is COCCN(CCO)c1cc(C#N)ccc1[C@@H](C)O. The van der Waals surface area contributed by atoms with Gasteiger partial charge in [-0.15, -0.1) is 0 Å². The van der Waals surface area contributed by atoms with Crippen molar-refractivity contribution in [3.05, 3.63) is 29.3 Å². The molecule has 0 bridgehead atoms. The average Bonchev–Trinajstić information content (AvgIpc) is 2.42. The van der Waals surface area contributed by atoms with Gasteiger partial charge in [0.25, 0.3) is 0 Å². The maximum Gasteiger partial charge on any atom is 0.0992 e. The zero-order valence-electron chi connectivity index (χ0n) is 11.3. The molecule has 1 aromatic rings. The van der Waals surface area contributed by atoms with Crippen LogP contribution < -0.4 is 4.90 Å². The summed E-state index contributed by atoms with van der Waals surface area (Å²) in [5.41, 5.74) is 2.03. The number of nitrogens with zero attached hydrogens (tertiary/aromatic N) is 2. The van der Waals surface area contributed by atoms with Crippen molar-refractivity contribution < 1.29 is 14.9 Å². The van der Waals surface area contributed by atoms with Gasteiger partial charge in [-0.05, 0) is 19.1 Å². The van der Waals surface area contributed by atoms with Gasteiger partial charge in [-0.1, -0.05) is 6.07 Å². The molecule has 19 heavy (non-hydrogen) atoms. The highest BCUT2D eigenvalue weighted by atomic mass is 16.5. The molecule has 1 aromatic carbocycles. The Morgan fingerprint density at radius 2 is 2.16 bits per heavy atom. The van der Waals surface area contributed by atoms with Crippen molar-refractivity contribution in [2.45, 2.75) is 13.0 Å². The van der Waals surface area contributed by atoms with E-state index >= 15 is 0 Å². The van der Waals surface area contributed by atoms with Crippen LogP contribution in [0.3, 0.4) is 0 Å². The van der Waals surface area contributed by atoms with E-state index in [4.69, 9.17) is 15.1 Å². The Bertz CT molecular complexity index is 441. The molecule has 0 saturated carbocycles. The number of anilines is 1. The summed E-state index contributed by atoms with van der Waals surface area (Å²) in [5.74, 6) is 0. The quantitative estimate of drug-likeness (QED) is 0.770. The van der Waals surface area contributed by atoms with Gasteiger partial charge in [0.15, 0.2) is 0 Å². The largest absolute Gasteiger partial charge is 0.395 e. The Balaban J connectivity index is 3.13. The lowest BCUT2D eigenvalue weighted by Gasteiger charge is -2.27. The van der Waals surface area contributed by atoms with Crippen LogP contribution in [-0.2, 0) is 4.74 Å². The van der Waals surface area contributed by atoms with Gasteiger partial charge in [0, 0.05) is 31.5 Å². The maximum absolute atomic E-state index is 9.81. The van der Waals surface area contributed by atoms with Gasteiger partial charge < -0.3 is 19.8 Å². The number of hydrogen-bond acceptors (Lipinski definition) is 5. The van der Waals surface area contributed by atoms with Gasteiger partial charge >= 0.3 is 0 Å². The highest BCUT2D eigenvalue weighted by molar-refractivity contribution is 5.58. The number of aliphatic hydroxyl groups excluding tert-OH is 2. The molecule has 0 aliphatic heterocycles. The molecule has 2 N–H and O–H groups in total. The summed E-state index contributed by atoms with van der Waals surface area (Å²) in [7, 11) is 1.61. The molecule has 1 atom stereocenters. The summed E-state index contributed by atoms with van der Waals surface area (Å²) in [4.78, 5) is 1.91. The van der Waals surface area contributed by atoms with Crippen LogP contribution in [0.5, 0.6) is 0 Å². The second kappa shape index (κ2) is 7.74. The number of aliphatic hydroxyl groups is 2. The molecule has 104 valence electrons. The van der Waals surface area contributed by atoms with Crippen molar-refractivity contribution >= 4 is 5.69 Å². The fourth-order valence-electron chi connectivity index (χ4n) is 1.92. The van der Waals surface area contributed by atoms with Gasteiger partial charge in [-0.25, -0.2) is 0 Å². The molecule has 0 aliphatic carbocycles. The van der Waals surface area contributed by atoms with E-state index in [1.807, 2.05) is 4.90 Å². The zero-order valence-corrected chi connectivity index (χ0v) is 11.3. The third kappa shape index (κ3) is 4.21. The summed E-state index contributed by atoms with van der Waals surface area (Å²) < 4.78 is 5.05. The van der Waals surface area contributed by atoms with Crippen molar-refractivity contribution in [3.63, 3.8) is 0 Å². The molecule has 0 spiro atoms. The Kier molecular flexibility index (Phi) is 6.30. The van der Waals surface area contributed by atoms with Crippen LogP contribution >= 0.6 is 0 Å². The minimum Gasteiger partial charge on any atom is -0.395 e. The number of hydrogen-bond donors (Lipinski definition) is 2. The number of methoxy groups -OCH3 is 1. The van der Waals surface area contributed by atoms with Gasteiger partial charge in [-0.2, -0.15) is 5.26 Å². The molecule has 5 heteroatoms. The fraction of sp³-hybridized carbons (Fsp3) is 0.500. The number of nitriles is 1. The molecule has 0 amide bonds. The zero-order chi connectivity index (χ0) is 14.3. The average molecular weight is 264 g/mol. The molecule has 0 aliphatic rings. The van der Waals surface area contributed by atoms with Crippen LogP contribution in [0.4, 0.5) is 5.69 Å².